The number of quaternary nitrogens is 1. The average molecular weight is 498 g/mol. The Balaban J connectivity index is 1.33. The van der Waals surface area contributed by atoms with Gasteiger partial charge in [0.2, 0.25) is 5.91 Å². The minimum Gasteiger partial charge on any atom is -0.392 e. The highest BCUT2D eigenvalue weighted by atomic mass is 32.2. The molecule has 2 aliphatic heterocycles. The largest absolute Gasteiger partial charge is 0.392 e. The zero-order valence-corrected chi connectivity index (χ0v) is 22.6. The lowest BCUT2D eigenvalue weighted by molar-refractivity contribution is -0.707. The van der Waals surface area contributed by atoms with Crippen LogP contribution in [0.15, 0.2) is 0 Å². The van der Waals surface area contributed by atoms with Crippen molar-refractivity contribution in [2.45, 2.75) is 82.7 Å². The van der Waals surface area contributed by atoms with E-state index in [9.17, 15) is 9.90 Å². The number of fused-ring (bicyclic) bond motifs is 2. The molecule has 0 bridgehead atoms. The summed E-state index contributed by atoms with van der Waals surface area (Å²) in [6.07, 6.45) is 5.29. The average Bonchev–Trinajstić information content (AvgIpc) is 3.22. The standard InChI is InChI=1S/C26H48N4O3S/c1-5-6-9-28-25-29-22-18(3)21-23(31)19(7-8-26(21,4)16-20(22)34-25)17(2)24(32)27-10-11-30-12-14-33-15-13-30/h17-23,25,28-29,31H,5-16H2,1-4H3,(H,27,32)/p+1. The van der Waals surface area contributed by atoms with Crippen LogP contribution in [0.5, 0.6) is 0 Å². The molecule has 2 heterocycles. The number of unbranched alkanes of at least 4 members (excludes halogenated alkanes) is 1. The summed E-state index contributed by atoms with van der Waals surface area (Å²) in [6.45, 7) is 15.1. The number of rotatable bonds is 9. The minimum atomic E-state index is -0.403. The molecular weight excluding hydrogens is 448 g/mol. The first kappa shape index (κ1) is 26.7. The fraction of sp³-hybridized carbons (Fsp3) is 0.962. The molecule has 4 rings (SSSR count). The van der Waals surface area contributed by atoms with Gasteiger partial charge in [-0.3, -0.25) is 15.0 Å². The third-order valence-electron chi connectivity index (χ3n) is 9.41. The van der Waals surface area contributed by atoms with E-state index >= 15 is 0 Å². The number of amides is 1. The van der Waals surface area contributed by atoms with Gasteiger partial charge < -0.3 is 20.5 Å². The fourth-order valence-corrected chi connectivity index (χ4v) is 9.20. The first-order valence-corrected chi connectivity index (χ1v) is 14.8. The van der Waals surface area contributed by atoms with Crippen molar-refractivity contribution in [1.29, 1.82) is 0 Å². The van der Waals surface area contributed by atoms with Crippen molar-refractivity contribution in [2.75, 3.05) is 45.9 Å². The Morgan fingerprint density at radius 2 is 2.09 bits per heavy atom. The number of nitrogens with one attached hydrogen (secondary N) is 2. The van der Waals surface area contributed by atoms with Crippen molar-refractivity contribution in [3.05, 3.63) is 0 Å². The Morgan fingerprint density at radius 1 is 1.32 bits per heavy atom. The van der Waals surface area contributed by atoms with Gasteiger partial charge in [0.05, 0.1) is 24.6 Å². The Hall–Kier alpha value is -0.380. The van der Waals surface area contributed by atoms with Gasteiger partial charge in [-0.25, -0.2) is 0 Å². The van der Waals surface area contributed by atoms with E-state index in [-0.39, 0.29) is 29.1 Å². The van der Waals surface area contributed by atoms with Crippen LogP contribution < -0.4 is 16.0 Å². The van der Waals surface area contributed by atoms with E-state index in [4.69, 9.17) is 4.74 Å². The molecule has 34 heavy (non-hydrogen) atoms. The summed E-state index contributed by atoms with van der Waals surface area (Å²) in [7, 11) is 0. The number of aliphatic hydroxyl groups excluding tert-OH is 1. The van der Waals surface area contributed by atoms with Crippen LogP contribution in [0.2, 0.25) is 0 Å². The second-order valence-corrected chi connectivity index (χ2v) is 13.0. The van der Waals surface area contributed by atoms with Crippen LogP contribution in [0.25, 0.3) is 0 Å². The summed E-state index contributed by atoms with van der Waals surface area (Å²) in [6, 6.07) is 0.549. The van der Waals surface area contributed by atoms with E-state index in [1.807, 2.05) is 6.92 Å². The second-order valence-electron chi connectivity index (χ2n) is 11.6. The number of carbonyl (C=O) groups is 1. The summed E-state index contributed by atoms with van der Waals surface area (Å²) < 4.78 is 5.41. The maximum atomic E-state index is 13.0. The molecule has 2 saturated heterocycles. The van der Waals surface area contributed by atoms with E-state index < -0.39 is 6.10 Å². The number of nitrogens with two attached hydrogens (primary N) is 1. The minimum absolute atomic E-state index is 0.0491. The zero-order chi connectivity index (χ0) is 24.3. The van der Waals surface area contributed by atoms with Crippen molar-refractivity contribution >= 4 is 17.7 Å². The molecule has 1 amide bonds. The van der Waals surface area contributed by atoms with Crippen LogP contribution in [0, 0.1) is 29.1 Å². The zero-order valence-electron chi connectivity index (χ0n) is 21.8. The molecule has 0 spiro atoms. The van der Waals surface area contributed by atoms with Crippen LogP contribution >= 0.6 is 11.8 Å². The van der Waals surface area contributed by atoms with Gasteiger partial charge >= 0.3 is 0 Å². The Bertz CT molecular complexity index is 678. The first-order valence-electron chi connectivity index (χ1n) is 13.8. The molecular formula is C26H49N4O3S+. The van der Waals surface area contributed by atoms with E-state index in [1.54, 1.807) is 0 Å². The summed E-state index contributed by atoms with van der Waals surface area (Å²) in [5, 5.41) is 21.7. The van der Waals surface area contributed by atoms with Crippen LogP contribution in [0.1, 0.15) is 59.8 Å². The molecule has 8 heteroatoms. The summed E-state index contributed by atoms with van der Waals surface area (Å²) in [5.74, 6) is 0.712. The molecule has 0 radical (unpaired) electrons. The number of morpholine rings is 1. The number of hydrogen-bond acceptors (Lipinski definition) is 6. The molecule has 196 valence electrons. The van der Waals surface area contributed by atoms with Crippen LogP contribution in [-0.2, 0) is 9.53 Å². The van der Waals surface area contributed by atoms with Gasteiger partial charge in [-0.05, 0) is 42.9 Å². The topological polar surface area (TPSA) is 90.4 Å². The van der Waals surface area contributed by atoms with Gasteiger partial charge in [0.15, 0.2) is 5.50 Å². The highest BCUT2D eigenvalue weighted by molar-refractivity contribution is 8.00. The van der Waals surface area contributed by atoms with Crippen molar-refractivity contribution in [2.24, 2.45) is 29.1 Å². The van der Waals surface area contributed by atoms with E-state index in [0.717, 1.165) is 52.2 Å². The highest BCUT2D eigenvalue weighted by Crippen LogP contribution is 2.57. The lowest BCUT2D eigenvalue weighted by atomic mass is 9.51. The summed E-state index contributed by atoms with van der Waals surface area (Å²) in [5.41, 5.74) is 0.610. The van der Waals surface area contributed by atoms with E-state index in [0.29, 0.717) is 29.3 Å². The molecule has 2 aliphatic carbocycles. The van der Waals surface area contributed by atoms with Crippen LogP contribution in [0.3, 0.4) is 0 Å². The summed E-state index contributed by atoms with van der Waals surface area (Å²) >= 11 is 2.11. The molecule has 9 unspecified atom stereocenters. The molecule has 4 aliphatic rings. The van der Waals surface area contributed by atoms with Crippen molar-refractivity contribution < 1.29 is 20.0 Å². The quantitative estimate of drug-likeness (QED) is 0.358. The van der Waals surface area contributed by atoms with Crippen molar-refractivity contribution in [3.63, 3.8) is 0 Å². The molecule has 9 atom stereocenters. The second kappa shape index (κ2) is 11.8. The molecule has 5 N–H and O–H groups in total. The maximum absolute atomic E-state index is 13.0. The third-order valence-corrected chi connectivity index (χ3v) is 10.9. The predicted molar refractivity (Wildman–Crippen MR) is 137 cm³/mol. The van der Waals surface area contributed by atoms with E-state index in [1.165, 1.54) is 19.3 Å². The smallest absolute Gasteiger partial charge is 0.223 e. The Labute approximate surface area is 210 Å². The highest BCUT2D eigenvalue weighted by Gasteiger charge is 2.60. The van der Waals surface area contributed by atoms with Crippen molar-refractivity contribution in [3.8, 4) is 0 Å². The number of thioether (sulfide) groups is 1. The maximum Gasteiger partial charge on any atom is 0.223 e. The normalized spacial score (nSPS) is 41.5. The molecule has 0 aromatic rings. The van der Waals surface area contributed by atoms with E-state index in [2.05, 4.69) is 53.4 Å². The third kappa shape index (κ3) is 5.78. The lowest BCUT2D eigenvalue weighted by Crippen LogP contribution is -2.96. The van der Waals surface area contributed by atoms with Gasteiger partial charge in [-0.1, -0.05) is 45.9 Å². The van der Waals surface area contributed by atoms with Gasteiger partial charge in [-0.2, -0.15) is 0 Å². The lowest BCUT2D eigenvalue weighted by Gasteiger charge is -2.55. The van der Waals surface area contributed by atoms with Gasteiger partial charge in [0.25, 0.3) is 0 Å². The summed E-state index contributed by atoms with van der Waals surface area (Å²) in [4.78, 5) is 15.4. The van der Waals surface area contributed by atoms with Crippen molar-refractivity contribution in [1.82, 2.24) is 15.5 Å². The monoisotopic (exact) mass is 497 g/mol. The van der Waals surface area contributed by atoms with Crippen LogP contribution in [0.4, 0.5) is 0 Å². The molecule has 0 aromatic carbocycles. The van der Waals surface area contributed by atoms with Gasteiger partial charge in [0.1, 0.15) is 6.04 Å². The molecule has 4 fully saturated rings. The fourth-order valence-electron chi connectivity index (χ4n) is 7.34. The number of hydrogen-bond donors (Lipinski definition) is 4. The predicted octanol–water partition coefficient (Wildman–Crippen LogP) is 1.22. The SMILES string of the molecule is CCCCNC1[NH2+]C2C(CC3(C)CCC(C(C)C(=O)NCCN4CCOCC4)C(O)C3C2C)S1. The Kier molecular flexibility index (Phi) is 9.24. The number of carbonyl (C=O) groups excluding carboxylic acids is 1. The molecule has 7 nitrogen and oxygen atoms in total. The van der Waals surface area contributed by atoms with Gasteiger partial charge in [0, 0.05) is 44.6 Å². The molecule has 2 saturated carbocycles. The first-order chi connectivity index (χ1) is 16.3. The number of nitrogens with zero attached hydrogens (tertiary/aromatic N) is 1. The molecule has 0 aromatic heterocycles. The number of aliphatic hydroxyl groups is 1. The Morgan fingerprint density at radius 3 is 2.82 bits per heavy atom. The van der Waals surface area contributed by atoms with Crippen LogP contribution in [-0.4, -0.2) is 84.7 Å². The number of ether oxygens (including phenoxy) is 1. The van der Waals surface area contributed by atoms with Gasteiger partial charge in [-0.15, -0.1) is 0 Å².